The molecule has 0 N–H and O–H groups in total. The van der Waals surface area contributed by atoms with Crippen molar-refractivity contribution in [2.45, 2.75) is 10.4 Å². The van der Waals surface area contributed by atoms with E-state index in [2.05, 4.69) is 15.9 Å². The maximum atomic E-state index is 12.4. The summed E-state index contributed by atoms with van der Waals surface area (Å²) in [5, 5.41) is 0.267. The minimum atomic E-state index is -4.46. The zero-order valence-corrected chi connectivity index (χ0v) is 10.4. The van der Waals surface area contributed by atoms with Crippen LogP contribution < -0.4 is 0 Å². The van der Waals surface area contributed by atoms with Gasteiger partial charge in [-0.05, 0) is 39.8 Å². The van der Waals surface area contributed by atoms with Crippen LogP contribution in [0.2, 0.25) is 0 Å². The van der Waals surface area contributed by atoms with E-state index in [4.69, 9.17) is 4.42 Å². The van der Waals surface area contributed by atoms with Crippen molar-refractivity contribution >= 4 is 44.9 Å². The smallest absolute Gasteiger partial charge is 0.446 e. The first kappa shape index (κ1) is 12.5. The molecule has 1 aromatic carbocycles. The number of halogens is 4. The maximum Gasteiger partial charge on any atom is 0.446 e. The van der Waals surface area contributed by atoms with E-state index in [9.17, 15) is 18.0 Å². The van der Waals surface area contributed by atoms with Crippen LogP contribution >= 0.6 is 27.7 Å². The van der Waals surface area contributed by atoms with Crippen LogP contribution in [0.4, 0.5) is 13.2 Å². The highest BCUT2D eigenvalue weighted by atomic mass is 79.9. The minimum Gasteiger partial charge on any atom is -0.451 e. The summed E-state index contributed by atoms with van der Waals surface area (Å²) in [5.74, 6) is -0.311. The second-order valence-corrected chi connectivity index (χ2v) is 5.01. The number of fused-ring (bicyclic) bond motifs is 1. The van der Waals surface area contributed by atoms with E-state index in [0.29, 0.717) is 4.47 Å². The third-order valence-electron chi connectivity index (χ3n) is 1.97. The van der Waals surface area contributed by atoms with Gasteiger partial charge < -0.3 is 4.42 Å². The normalized spacial score (nSPS) is 12.0. The predicted molar refractivity (Wildman–Crippen MR) is 61.2 cm³/mol. The number of hydrogen-bond acceptors (Lipinski definition) is 3. The lowest BCUT2D eigenvalue weighted by Crippen LogP contribution is -1.99. The Morgan fingerprint density at radius 1 is 1.35 bits per heavy atom. The minimum absolute atomic E-state index is 0.205. The Morgan fingerprint density at radius 3 is 2.65 bits per heavy atom. The Bertz CT molecular complexity index is 577. The first-order valence-corrected chi connectivity index (χ1v) is 5.95. The number of rotatable bonds is 2. The molecule has 0 aliphatic heterocycles. The lowest BCUT2D eigenvalue weighted by molar-refractivity contribution is -0.0328. The van der Waals surface area contributed by atoms with E-state index >= 15 is 0 Å². The maximum absolute atomic E-state index is 12.4. The highest BCUT2D eigenvalue weighted by Crippen LogP contribution is 2.44. The van der Waals surface area contributed by atoms with Gasteiger partial charge in [-0.3, -0.25) is 4.79 Å². The van der Waals surface area contributed by atoms with E-state index in [1.807, 2.05) is 0 Å². The second-order valence-electron chi connectivity index (χ2n) is 3.08. The highest BCUT2D eigenvalue weighted by molar-refractivity contribution is 9.10. The molecule has 0 fully saturated rings. The Kier molecular flexibility index (Phi) is 3.22. The van der Waals surface area contributed by atoms with E-state index in [1.54, 1.807) is 12.1 Å². The van der Waals surface area contributed by atoms with Gasteiger partial charge in [0.1, 0.15) is 5.58 Å². The molecule has 90 valence electrons. The molecule has 0 amide bonds. The molecule has 0 saturated heterocycles. The third kappa shape index (κ3) is 2.50. The van der Waals surface area contributed by atoms with E-state index in [1.165, 1.54) is 6.07 Å². The number of benzene rings is 1. The second kappa shape index (κ2) is 4.38. The summed E-state index contributed by atoms with van der Waals surface area (Å²) < 4.78 is 42.7. The van der Waals surface area contributed by atoms with Crippen LogP contribution in [-0.2, 0) is 0 Å². The number of carbonyl (C=O) groups excluding carboxylic acids is 1. The predicted octanol–water partition coefficient (Wildman–Crippen LogP) is 4.62. The van der Waals surface area contributed by atoms with Crippen molar-refractivity contribution in [2.75, 3.05) is 0 Å². The molecule has 2 rings (SSSR count). The van der Waals surface area contributed by atoms with E-state index in [0.717, 1.165) is 0 Å². The van der Waals surface area contributed by atoms with E-state index in [-0.39, 0.29) is 39.7 Å². The zero-order chi connectivity index (χ0) is 12.6. The molecule has 1 aromatic heterocycles. The summed E-state index contributed by atoms with van der Waals surface area (Å²) in [6, 6.07) is 4.68. The first-order valence-electron chi connectivity index (χ1n) is 4.34. The molecular formula is C10H4BrF3O2S. The van der Waals surface area contributed by atoms with Crippen molar-refractivity contribution in [1.29, 1.82) is 0 Å². The van der Waals surface area contributed by atoms with Gasteiger partial charge in [-0.2, -0.15) is 13.2 Å². The number of furan rings is 1. The number of alkyl halides is 3. The number of thioether (sulfide) groups is 1. The molecule has 2 aromatic rings. The number of para-hydroxylation sites is 1. The summed E-state index contributed by atoms with van der Waals surface area (Å²) in [4.78, 5) is 10.5. The Morgan fingerprint density at radius 2 is 2.06 bits per heavy atom. The third-order valence-corrected chi connectivity index (χ3v) is 3.45. The van der Waals surface area contributed by atoms with Crippen LogP contribution in [0.3, 0.4) is 0 Å². The number of aldehydes is 1. The van der Waals surface area contributed by atoms with Crippen LogP contribution in [0.25, 0.3) is 11.0 Å². The van der Waals surface area contributed by atoms with Crippen molar-refractivity contribution in [3.8, 4) is 0 Å². The molecular weight excluding hydrogens is 321 g/mol. The molecule has 0 unspecified atom stereocenters. The molecule has 0 saturated carbocycles. The number of carbonyl (C=O) groups is 1. The fourth-order valence-electron chi connectivity index (χ4n) is 1.38. The molecule has 0 radical (unpaired) electrons. The fourth-order valence-corrected chi connectivity index (χ4v) is 2.52. The average Bonchev–Trinajstić information content (AvgIpc) is 2.56. The summed E-state index contributed by atoms with van der Waals surface area (Å²) >= 11 is 2.80. The summed E-state index contributed by atoms with van der Waals surface area (Å²) in [6.07, 6.45) is 0.278. The lowest BCUT2D eigenvalue weighted by atomic mass is 10.2. The van der Waals surface area contributed by atoms with Crippen LogP contribution in [0.1, 0.15) is 10.6 Å². The van der Waals surface area contributed by atoms with Gasteiger partial charge in [0, 0.05) is 5.39 Å². The topological polar surface area (TPSA) is 30.2 Å². The van der Waals surface area contributed by atoms with Gasteiger partial charge in [-0.25, -0.2) is 0 Å². The van der Waals surface area contributed by atoms with Gasteiger partial charge in [0.2, 0.25) is 0 Å². The Hall–Kier alpha value is -0.950. The van der Waals surface area contributed by atoms with Gasteiger partial charge in [0.25, 0.3) is 0 Å². The molecule has 0 aliphatic carbocycles. The molecule has 1 heterocycles. The Balaban J connectivity index is 2.67. The molecule has 17 heavy (non-hydrogen) atoms. The molecule has 2 nitrogen and oxygen atoms in total. The summed E-state index contributed by atoms with van der Waals surface area (Å²) in [5.41, 5.74) is -4.22. The monoisotopic (exact) mass is 324 g/mol. The SMILES string of the molecule is O=Cc1oc2c(Br)cccc2c1SC(F)(F)F. The van der Waals surface area contributed by atoms with Gasteiger partial charge in [0.15, 0.2) is 12.0 Å². The van der Waals surface area contributed by atoms with Gasteiger partial charge >= 0.3 is 5.51 Å². The molecule has 7 heteroatoms. The van der Waals surface area contributed by atoms with Crippen LogP contribution in [-0.4, -0.2) is 11.8 Å². The summed E-state index contributed by atoms with van der Waals surface area (Å²) in [6.45, 7) is 0. The van der Waals surface area contributed by atoms with Crippen LogP contribution in [0.5, 0.6) is 0 Å². The average molecular weight is 325 g/mol. The highest BCUT2D eigenvalue weighted by Gasteiger charge is 2.33. The standard InChI is InChI=1S/C10H4BrF3O2S/c11-6-3-1-2-5-8(6)16-7(4-15)9(5)17-10(12,13)14/h1-4H. The van der Waals surface area contributed by atoms with Gasteiger partial charge in [-0.1, -0.05) is 6.07 Å². The lowest BCUT2D eigenvalue weighted by Gasteiger charge is -2.03. The van der Waals surface area contributed by atoms with Crippen LogP contribution in [0.15, 0.2) is 32.0 Å². The molecule has 0 bridgehead atoms. The van der Waals surface area contributed by atoms with Crippen LogP contribution in [0, 0.1) is 0 Å². The first-order chi connectivity index (χ1) is 7.92. The zero-order valence-electron chi connectivity index (χ0n) is 8.05. The Labute approximate surface area is 106 Å². The van der Waals surface area contributed by atoms with Crippen molar-refractivity contribution in [3.05, 3.63) is 28.4 Å². The largest absolute Gasteiger partial charge is 0.451 e. The van der Waals surface area contributed by atoms with Gasteiger partial charge in [-0.15, -0.1) is 0 Å². The van der Waals surface area contributed by atoms with Crippen molar-refractivity contribution in [3.63, 3.8) is 0 Å². The van der Waals surface area contributed by atoms with E-state index < -0.39 is 5.51 Å². The fraction of sp³-hybridized carbons (Fsp3) is 0.100. The molecule has 0 aliphatic rings. The van der Waals surface area contributed by atoms with Gasteiger partial charge in [0.05, 0.1) is 9.37 Å². The van der Waals surface area contributed by atoms with Crippen molar-refractivity contribution in [1.82, 2.24) is 0 Å². The van der Waals surface area contributed by atoms with Crippen molar-refractivity contribution in [2.24, 2.45) is 0 Å². The quantitative estimate of drug-likeness (QED) is 0.596. The molecule has 0 atom stereocenters. The summed E-state index contributed by atoms with van der Waals surface area (Å²) in [7, 11) is 0. The number of hydrogen-bond donors (Lipinski definition) is 0. The van der Waals surface area contributed by atoms with Crippen molar-refractivity contribution < 1.29 is 22.4 Å². The molecule has 0 spiro atoms.